The van der Waals surface area contributed by atoms with E-state index in [0.717, 1.165) is 49.3 Å². The molecule has 1 aromatic rings. The van der Waals surface area contributed by atoms with Crippen LogP contribution in [0.4, 0.5) is 0 Å². The summed E-state index contributed by atoms with van der Waals surface area (Å²) in [4.78, 5) is 4.79. The maximum absolute atomic E-state index is 10.2. The highest BCUT2D eigenvalue weighted by atomic mass is 79.9. The molecule has 1 aromatic carbocycles. The smallest absolute Gasteiger partial charge is 0.0916 e. The monoisotopic (exact) mass is 312 g/mol. The van der Waals surface area contributed by atoms with Gasteiger partial charge in [0.15, 0.2) is 0 Å². The van der Waals surface area contributed by atoms with Crippen molar-refractivity contribution < 1.29 is 5.11 Å². The molecule has 4 heteroatoms. The Kier molecular flexibility index (Phi) is 5.18. The molecule has 1 atom stereocenters. The van der Waals surface area contributed by atoms with Crippen molar-refractivity contribution in [3.63, 3.8) is 0 Å². The molecule has 0 amide bonds. The van der Waals surface area contributed by atoms with Gasteiger partial charge in [0.1, 0.15) is 0 Å². The fraction of sp³-hybridized carbons (Fsp3) is 0.571. The van der Waals surface area contributed by atoms with Crippen LogP contribution in [0.25, 0.3) is 0 Å². The SMILES string of the molecule is CCN1CCN(C[C@H](O)c2ccc(Br)cc2)CC1. The van der Waals surface area contributed by atoms with Crippen LogP contribution in [0.15, 0.2) is 28.7 Å². The average molecular weight is 313 g/mol. The molecular weight excluding hydrogens is 292 g/mol. The Balaban J connectivity index is 1.84. The number of likely N-dealkylation sites (N-methyl/N-ethyl adjacent to an activating group) is 1. The van der Waals surface area contributed by atoms with Gasteiger partial charge in [0.2, 0.25) is 0 Å². The first-order chi connectivity index (χ1) is 8.69. The lowest BCUT2D eigenvalue weighted by Crippen LogP contribution is -2.47. The number of halogens is 1. The summed E-state index contributed by atoms with van der Waals surface area (Å²) in [6.07, 6.45) is -0.383. The van der Waals surface area contributed by atoms with Crippen molar-refractivity contribution in [2.75, 3.05) is 39.3 Å². The van der Waals surface area contributed by atoms with Crippen LogP contribution in [0, 0.1) is 0 Å². The fourth-order valence-electron chi connectivity index (χ4n) is 2.32. The highest BCUT2D eigenvalue weighted by Crippen LogP contribution is 2.18. The fourth-order valence-corrected chi connectivity index (χ4v) is 2.59. The number of rotatable bonds is 4. The minimum absolute atomic E-state index is 0.383. The number of nitrogens with zero attached hydrogens (tertiary/aromatic N) is 2. The molecule has 0 bridgehead atoms. The Morgan fingerprint density at radius 2 is 1.67 bits per heavy atom. The molecule has 1 aliphatic heterocycles. The van der Waals surface area contributed by atoms with Gasteiger partial charge in [-0.2, -0.15) is 0 Å². The van der Waals surface area contributed by atoms with E-state index in [9.17, 15) is 5.11 Å². The van der Waals surface area contributed by atoms with Crippen molar-refractivity contribution in [1.29, 1.82) is 0 Å². The highest BCUT2D eigenvalue weighted by Gasteiger charge is 2.18. The lowest BCUT2D eigenvalue weighted by atomic mass is 10.1. The number of benzene rings is 1. The number of hydrogen-bond acceptors (Lipinski definition) is 3. The van der Waals surface area contributed by atoms with Crippen molar-refractivity contribution in [3.8, 4) is 0 Å². The Morgan fingerprint density at radius 1 is 1.11 bits per heavy atom. The second-order valence-corrected chi connectivity index (χ2v) is 5.72. The first-order valence-electron chi connectivity index (χ1n) is 6.57. The van der Waals surface area contributed by atoms with Crippen LogP contribution in [-0.4, -0.2) is 54.2 Å². The van der Waals surface area contributed by atoms with Gasteiger partial charge in [-0.05, 0) is 24.2 Å². The summed E-state index contributed by atoms with van der Waals surface area (Å²) in [5.41, 5.74) is 0.996. The topological polar surface area (TPSA) is 26.7 Å². The predicted octanol–water partition coefficient (Wildman–Crippen LogP) is 2.12. The molecule has 1 heterocycles. The molecule has 1 N–H and O–H groups in total. The molecule has 0 saturated carbocycles. The summed E-state index contributed by atoms with van der Waals surface area (Å²) in [6.45, 7) is 8.41. The molecule has 1 aliphatic rings. The molecule has 0 aliphatic carbocycles. The van der Waals surface area contributed by atoms with Gasteiger partial charge in [0, 0.05) is 37.2 Å². The molecule has 2 rings (SSSR count). The lowest BCUT2D eigenvalue weighted by Gasteiger charge is -2.35. The highest BCUT2D eigenvalue weighted by molar-refractivity contribution is 9.10. The van der Waals surface area contributed by atoms with E-state index < -0.39 is 0 Å². The van der Waals surface area contributed by atoms with Gasteiger partial charge >= 0.3 is 0 Å². The molecule has 3 nitrogen and oxygen atoms in total. The molecule has 0 radical (unpaired) electrons. The Bertz CT molecular complexity index is 361. The van der Waals surface area contributed by atoms with Crippen LogP contribution >= 0.6 is 15.9 Å². The molecule has 1 saturated heterocycles. The van der Waals surface area contributed by atoms with Crippen molar-refractivity contribution in [1.82, 2.24) is 9.80 Å². The van der Waals surface area contributed by atoms with Crippen LogP contribution in [0.2, 0.25) is 0 Å². The maximum atomic E-state index is 10.2. The van der Waals surface area contributed by atoms with E-state index >= 15 is 0 Å². The average Bonchev–Trinajstić information content (AvgIpc) is 2.40. The van der Waals surface area contributed by atoms with Gasteiger partial charge in [0.25, 0.3) is 0 Å². The summed E-state index contributed by atoms with van der Waals surface area (Å²) in [7, 11) is 0. The summed E-state index contributed by atoms with van der Waals surface area (Å²) in [5.74, 6) is 0. The molecule has 1 fully saturated rings. The largest absolute Gasteiger partial charge is 0.387 e. The molecule has 0 aromatic heterocycles. The second kappa shape index (κ2) is 6.66. The van der Waals surface area contributed by atoms with Crippen LogP contribution in [0.5, 0.6) is 0 Å². The van der Waals surface area contributed by atoms with E-state index in [2.05, 4.69) is 32.7 Å². The zero-order chi connectivity index (χ0) is 13.0. The van der Waals surface area contributed by atoms with Crippen LogP contribution in [0.3, 0.4) is 0 Å². The van der Waals surface area contributed by atoms with Gasteiger partial charge in [0.05, 0.1) is 6.10 Å². The normalized spacial score (nSPS) is 19.9. The van der Waals surface area contributed by atoms with Crippen LogP contribution in [0.1, 0.15) is 18.6 Å². The minimum atomic E-state index is -0.383. The van der Waals surface area contributed by atoms with Crippen LogP contribution < -0.4 is 0 Å². The van der Waals surface area contributed by atoms with Gasteiger partial charge in [-0.1, -0.05) is 35.0 Å². The lowest BCUT2D eigenvalue weighted by molar-refractivity contribution is 0.0744. The van der Waals surface area contributed by atoms with E-state index in [1.807, 2.05) is 24.3 Å². The molecule has 18 heavy (non-hydrogen) atoms. The maximum Gasteiger partial charge on any atom is 0.0916 e. The molecule has 100 valence electrons. The van der Waals surface area contributed by atoms with E-state index in [1.54, 1.807) is 0 Å². The van der Waals surface area contributed by atoms with Gasteiger partial charge in [-0.3, -0.25) is 4.90 Å². The van der Waals surface area contributed by atoms with E-state index in [1.165, 1.54) is 0 Å². The Morgan fingerprint density at radius 3 is 2.22 bits per heavy atom. The standard InChI is InChI=1S/C14H21BrN2O/c1-2-16-7-9-17(10-8-16)11-14(18)12-3-5-13(15)6-4-12/h3-6,14,18H,2,7-11H2,1H3/t14-/m0/s1. The number of hydrogen-bond donors (Lipinski definition) is 1. The van der Waals surface area contributed by atoms with E-state index in [0.29, 0.717) is 0 Å². The van der Waals surface area contributed by atoms with Crippen molar-refractivity contribution >= 4 is 15.9 Å². The predicted molar refractivity (Wildman–Crippen MR) is 77.7 cm³/mol. The zero-order valence-corrected chi connectivity index (χ0v) is 12.4. The van der Waals surface area contributed by atoms with Crippen molar-refractivity contribution in [2.45, 2.75) is 13.0 Å². The van der Waals surface area contributed by atoms with Gasteiger partial charge in [-0.15, -0.1) is 0 Å². The Labute approximate surface area is 118 Å². The summed E-state index contributed by atoms with van der Waals surface area (Å²) in [6, 6.07) is 7.93. The number of piperazine rings is 1. The van der Waals surface area contributed by atoms with E-state index in [-0.39, 0.29) is 6.10 Å². The minimum Gasteiger partial charge on any atom is -0.387 e. The number of aliphatic hydroxyl groups is 1. The third kappa shape index (κ3) is 3.79. The molecule has 0 unspecified atom stereocenters. The van der Waals surface area contributed by atoms with Crippen molar-refractivity contribution in [2.24, 2.45) is 0 Å². The third-order valence-electron chi connectivity index (χ3n) is 3.60. The number of β-amino-alcohol motifs (C(OH)–C–C–N with tert-alkyl or cyclic N) is 1. The zero-order valence-electron chi connectivity index (χ0n) is 10.8. The quantitative estimate of drug-likeness (QED) is 0.922. The molecule has 0 spiro atoms. The summed E-state index contributed by atoms with van der Waals surface area (Å²) >= 11 is 3.41. The van der Waals surface area contributed by atoms with Crippen molar-refractivity contribution in [3.05, 3.63) is 34.3 Å². The van der Waals surface area contributed by atoms with Crippen LogP contribution in [-0.2, 0) is 0 Å². The first-order valence-corrected chi connectivity index (χ1v) is 7.36. The van der Waals surface area contributed by atoms with Gasteiger partial charge < -0.3 is 10.0 Å². The second-order valence-electron chi connectivity index (χ2n) is 4.80. The third-order valence-corrected chi connectivity index (χ3v) is 4.13. The van der Waals surface area contributed by atoms with Gasteiger partial charge in [-0.25, -0.2) is 0 Å². The summed E-state index contributed by atoms with van der Waals surface area (Å²) in [5, 5.41) is 10.2. The number of aliphatic hydroxyl groups excluding tert-OH is 1. The summed E-state index contributed by atoms with van der Waals surface area (Å²) < 4.78 is 1.05. The first kappa shape index (κ1) is 14.0. The van der Waals surface area contributed by atoms with E-state index in [4.69, 9.17) is 0 Å². The molecular formula is C14H21BrN2O. The Hall–Kier alpha value is -0.420.